The van der Waals surface area contributed by atoms with Crippen molar-refractivity contribution >= 4 is 29.2 Å². The Morgan fingerprint density at radius 3 is 1.08 bits per heavy atom. The number of ether oxygens (including phenoxy) is 2. The zero-order valence-corrected chi connectivity index (χ0v) is 49.1. The molecule has 2 aliphatic rings. The molecule has 436 valence electrons. The van der Waals surface area contributed by atoms with Gasteiger partial charge in [0.2, 0.25) is 0 Å². The van der Waals surface area contributed by atoms with Crippen molar-refractivity contribution in [2.75, 3.05) is 4.90 Å². The highest BCUT2D eigenvalue weighted by molar-refractivity contribution is 5.94. The predicted octanol–water partition coefficient (Wildman–Crippen LogP) is 22.6. The molecule has 13 aromatic carbocycles. The van der Waals surface area contributed by atoms with Crippen LogP contribution >= 0.6 is 0 Å². The summed E-state index contributed by atoms with van der Waals surface area (Å²) in [5, 5.41) is 0. The first-order valence-corrected chi connectivity index (χ1v) is 30.1. The fourth-order valence-electron chi connectivity index (χ4n) is 13.9. The third kappa shape index (κ3) is 9.52. The zero-order chi connectivity index (χ0) is 61.8. The van der Waals surface area contributed by atoms with Crippen molar-refractivity contribution in [2.24, 2.45) is 0 Å². The monoisotopic (exact) mass is 1190 g/mol. The number of benzene rings is 13. The van der Waals surface area contributed by atoms with Gasteiger partial charge in [-0.05, 0) is 209 Å². The molecule has 0 bridgehead atoms. The molecule has 0 amide bonds. The van der Waals surface area contributed by atoms with Crippen molar-refractivity contribution in [3.63, 3.8) is 0 Å². The lowest BCUT2D eigenvalue weighted by Gasteiger charge is -2.36. The molecule has 3 nitrogen and oxygen atoms in total. The molecule has 0 spiro atoms. The van der Waals surface area contributed by atoms with Gasteiger partial charge in [0.15, 0.2) is 23.3 Å². The number of nitrogens with zero attached hydrogens (tertiary/aromatic N) is 1. The molecular weight excluding hydrogens is 1130 g/mol. The van der Waals surface area contributed by atoms with Crippen LogP contribution in [0.15, 0.2) is 310 Å². The Kier molecular flexibility index (Phi) is 14.1. The maximum absolute atomic E-state index is 16.2. The van der Waals surface area contributed by atoms with E-state index in [-0.39, 0.29) is 0 Å². The molecule has 13 aromatic rings. The molecule has 0 heterocycles. The second-order valence-corrected chi connectivity index (χ2v) is 22.9. The molecule has 0 N–H and O–H groups in total. The lowest BCUT2D eigenvalue weighted by Crippen LogP contribution is -2.29. The van der Waals surface area contributed by atoms with Gasteiger partial charge in [-0.3, -0.25) is 0 Å². The summed E-state index contributed by atoms with van der Waals surface area (Å²) in [7, 11) is 0. The van der Waals surface area contributed by atoms with Crippen molar-refractivity contribution in [1.82, 2.24) is 0 Å². The van der Waals surface area contributed by atoms with E-state index in [2.05, 4.69) is 139 Å². The summed E-state index contributed by atoms with van der Waals surface area (Å²) < 4.78 is 76.1. The quantitative estimate of drug-likeness (QED) is 0.0955. The van der Waals surface area contributed by atoms with Crippen molar-refractivity contribution in [3.8, 4) is 67.5 Å². The molecule has 7 heteroatoms. The normalized spacial score (nSPS) is 15.0. The van der Waals surface area contributed by atoms with E-state index in [1.165, 1.54) is 24.3 Å². The molecule has 91 heavy (non-hydrogen) atoms. The van der Waals surface area contributed by atoms with E-state index in [9.17, 15) is 0 Å². The number of halogens is 4. The third-order valence-corrected chi connectivity index (χ3v) is 18.0. The first-order chi connectivity index (χ1) is 44.6. The Balaban J connectivity index is 0.963. The fraction of sp³-hybridized carbons (Fsp3) is 0.0238. The SMILES string of the molecule is C=Cc1ccc(Oc2ccc(C3(c4ccc(F)c(F)c4)c4ccccc4-c4ccc(N(c5cccc(-c6ccccc6-c6ccccc6)c5)c5ccc6c(c5)C(c5ccc(Oc7ccc(C=C)cc7)cc5)(c5ccc(F)c(F)c5)c5ccccc5-6)cc43)cc2)cc1. The largest absolute Gasteiger partial charge is 0.457 e. The van der Waals surface area contributed by atoms with Gasteiger partial charge in [0.25, 0.3) is 0 Å². The van der Waals surface area contributed by atoms with Crippen LogP contribution < -0.4 is 14.4 Å². The Morgan fingerprint density at radius 1 is 0.275 bits per heavy atom. The molecule has 0 aliphatic heterocycles. The van der Waals surface area contributed by atoms with Gasteiger partial charge in [-0.25, -0.2) is 17.6 Å². The summed E-state index contributed by atoms with van der Waals surface area (Å²) in [6, 6.07) is 95.8. The maximum atomic E-state index is 16.2. The van der Waals surface area contributed by atoms with Crippen LogP contribution in [0.25, 0.3) is 56.7 Å². The van der Waals surface area contributed by atoms with E-state index in [1.54, 1.807) is 24.3 Å². The molecule has 15 rings (SSSR count). The van der Waals surface area contributed by atoms with Crippen molar-refractivity contribution in [2.45, 2.75) is 10.8 Å². The highest BCUT2D eigenvalue weighted by atomic mass is 19.2. The molecule has 0 fully saturated rings. The standard InChI is InChI=1S/C84H55F4NO2/c1-3-54-25-37-65(38-26-54)90-67-41-29-58(30-42-67)83(60-33-47-79(85)81(87)50-60)75-23-12-10-21-71(75)73-45-35-63(52-77(73)83)89(62-18-14-17-57(49-62)70-20-9-8-19-69(70)56-15-6-5-7-16-56)64-36-46-74-72-22-11-13-24-76(72)84(78(74)53-64,61-34-48-80(86)82(88)51-61)59-31-43-68(44-32-59)91-66-39-27-55(4-2)28-40-66/h3-53H,1-2H2. The summed E-state index contributed by atoms with van der Waals surface area (Å²) in [5.41, 5.74) is 15.8. The van der Waals surface area contributed by atoms with Crippen LogP contribution in [-0.4, -0.2) is 0 Å². The van der Waals surface area contributed by atoms with E-state index in [1.807, 2.05) is 140 Å². The summed E-state index contributed by atoms with van der Waals surface area (Å²) >= 11 is 0. The molecule has 0 radical (unpaired) electrons. The fourth-order valence-corrected chi connectivity index (χ4v) is 13.9. The Morgan fingerprint density at radius 2 is 0.637 bits per heavy atom. The summed E-state index contributed by atoms with van der Waals surface area (Å²) in [6.45, 7) is 7.78. The van der Waals surface area contributed by atoms with Gasteiger partial charge < -0.3 is 14.4 Å². The zero-order valence-electron chi connectivity index (χ0n) is 49.1. The van der Waals surface area contributed by atoms with Crippen LogP contribution in [-0.2, 0) is 10.8 Å². The van der Waals surface area contributed by atoms with Gasteiger partial charge in [0.05, 0.1) is 10.8 Å². The Labute approximate surface area is 526 Å². The van der Waals surface area contributed by atoms with Gasteiger partial charge in [0, 0.05) is 17.1 Å². The second kappa shape index (κ2) is 22.9. The second-order valence-electron chi connectivity index (χ2n) is 22.9. The van der Waals surface area contributed by atoms with E-state index < -0.39 is 34.1 Å². The van der Waals surface area contributed by atoms with Crippen LogP contribution in [0.4, 0.5) is 34.6 Å². The van der Waals surface area contributed by atoms with Crippen LogP contribution in [0.3, 0.4) is 0 Å². The summed E-state index contributed by atoms with van der Waals surface area (Å²) in [5.74, 6) is -1.38. The number of rotatable bonds is 15. The minimum Gasteiger partial charge on any atom is -0.457 e. The van der Waals surface area contributed by atoms with Crippen molar-refractivity contribution in [1.29, 1.82) is 0 Å². The summed E-state index contributed by atoms with van der Waals surface area (Å²) in [6.07, 6.45) is 3.56. The maximum Gasteiger partial charge on any atom is 0.159 e. The smallest absolute Gasteiger partial charge is 0.159 e. The topological polar surface area (TPSA) is 21.7 Å². The third-order valence-electron chi connectivity index (χ3n) is 18.0. The molecule has 2 aliphatic carbocycles. The lowest BCUT2D eigenvalue weighted by atomic mass is 9.67. The van der Waals surface area contributed by atoms with Gasteiger partial charge >= 0.3 is 0 Å². The lowest BCUT2D eigenvalue weighted by molar-refractivity contribution is 0.482. The van der Waals surface area contributed by atoms with Gasteiger partial charge in [-0.2, -0.15) is 0 Å². The van der Waals surface area contributed by atoms with E-state index in [0.29, 0.717) is 34.1 Å². The van der Waals surface area contributed by atoms with Crippen LogP contribution in [0.5, 0.6) is 23.0 Å². The Bertz CT molecular complexity index is 4720. The number of fused-ring (bicyclic) bond motifs is 6. The first kappa shape index (κ1) is 56.0. The molecule has 0 saturated carbocycles. The van der Waals surface area contributed by atoms with E-state index in [0.717, 1.165) is 106 Å². The van der Waals surface area contributed by atoms with E-state index >= 15 is 17.6 Å². The molecule has 0 saturated heterocycles. The Hall–Kier alpha value is -11.5. The first-order valence-electron chi connectivity index (χ1n) is 30.1. The highest BCUT2D eigenvalue weighted by Gasteiger charge is 2.49. The minimum atomic E-state index is -1.20. The van der Waals surface area contributed by atoms with Gasteiger partial charge in [-0.15, -0.1) is 0 Å². The average molecular weight is 1190 g/mol. The minimum absolute atomic E-state index is 0.531. The molecular formula is C84H55F4NO2. The van der Waals surface area contributed by atoms with Crippen molar-refractivity contribution < 1.29 is 27.0 Å². The molecule has 2 unspecified atom stereocenters. The van der Waals surface area contributed by atoms with Crippen molar-refractivity contribution in [3.05, 3.63) is 389 Å². The number of hydrogen-bond acceptors (Lipinski definition) is 3. The van der Waals surface area contributed by atoms with Crippen LogP contribution in [0.1, 0.15) is 55.6 Å². The van der Waals surface area contributed by atoms with Gasteiger partial charge in [-0.1, -0.05) is 213 Å². The van der Waals surface area contributed by atoms with Crippen LogP contribution in [0.2, 0.25) is 0 Å². The van der Waals surface area contributed by atoms with Gasteiger partial charge in [0.1, 0.15) is 23.0 Å². The predicted molar refractivity (Wildman–Crippen MR) is 360 cm³/mol. The summed E-state index contributed by atoms with van der Waals surface area (Å²) in [4.78, 5) is 2.23. The number of anilines is 3. The highest BCUT2D eigenvalue weighted by Crippen LogP contribution is 2.60. The van der Waals surface area contributed by atoms with Crippen LogP contribution in [0, 0.1) is 23.3 Å². The number of hydrogen-bond donors (Lipinski definition) is 0. The van der Waals surface area contributed by atoms with E-state index in [4.69, 9.17) is 9.47 Å². The molecule has 2 atom stereocenters. The average Bonchev–Trinajstić information content (AvgIpc) is 1.57. The molecule has 0 aromatic heterocycles.